The van der Waals surface area contributed by atoms with E-state index in [0.29, 0.717) is 0 Å². The number of benzene rings is 1. The SMILES string of the molecule is CCNC(=NCCNC(C)(C)C)N1CCN(c2ccccc2OC)CC1.I. The summed E-state index contributed by atoms with van der Waals surface area (Å²) in [5.74, 6) is 1.96. The van der Waals surface area contributed by atoms with Crippen LogP contribution in [0.25, 0.3) is 0 Å². The van der Waals surface area contributed by atoms with Crippen molar-refractivity contribution in [1.29, 1.82) is 0 Å². The summed E-state index contributed by atoms with van der Waals surface area (Å²) >= 11 is 0. The molecule has 0 aromatic heterocycles. The fraction of sp³-hybridized carbons (Fsp3) is 0.650. The smallest absolute Gasteiger partial charge is 0.194 e. The van der Waals surface area contributed by atoms with Crippen molar-refractivity contribution in [3.63, 3.8) is 0 Å². The molecule has 0 aliphatic carbocycles. The predicted molar refractivity (Wildman–Crippen MR) is 126 cm³/mol. The van der Waals surface area contributed by atoms with Gasteiger partial charge in [0.15, 0.2) is 5.96 Å². The van der Waals surface area contributed by atoms with Crippen LogP contribution in [-0.4, -0.2) is 69.3 Å². The average Bonchev–Trinajstić information content (AvgIpc) is 2.63. The second-order valence-electron chi connectivity index (χ2n) is 7.56. The second-order valence-corrected chi connectivity index (χ2v) is 7.56. The first-order valence-electron chi connectivity index (χ1n) is 9.61. The summed E-state index contributed by atoms with van der Waals surface area (Å²) in [6.45, 7) is 15.1. The number of hydrogen-bond donors (Lipinski definition) is 2. The summed E-state index contributed by atoms with van der Waals surface area (Å²) in [6.07, 6.45) is 0. The Morgan fingerprint density at radius 3 is 2.41 bits per heavy atom. The number of rotatable bonds is 6. The highest BCUT2D eigenvalue weighted by Crippen LogP contribution is 2.28. The summed E-state index contributed by atoms with van der Waals surface area (Å²) in [5.41, 5.74) is 1.31. The van der Waals surface area contributed by atoms with Crippen LogP contribution in [0.5, 0.6) is 5.75 Å². The molecule has 0 amide bonds. The molecule has 0 atom stereocenters. The third kappa shape index (κ3) is 7.73. The molecule has 1 aromatic rings. The van der Waals surface area contributed by atoms with E-state index in [9.17, 15) is 0 Å². The monoisotopic (exact) mass is 489 g/mol. The number of halogens is 1. The highest BCUT2D eigenvalue weighted by Gasteiger charge is 2.21. The number of ether oxygens (including phenoxy) is 1. The van der Waals surface area contributed by atoms with Gasteiger partial charge in [-0.05, 0) is 39.8 Å². The molecule has 1 fully saturated rings. The summed E-state index contributed by atoms with van der Waals surface area (Å²) in [5, 5.41) is 6.92. The molecule has 0 radical (unpaired) electrons. The number of hydrogen-bond acceptors (Lipinski definition) is 4. The minimum atomic E-state index is 0. The van der Waals surface area contributed by atoms with Crippen LogP contribution in [0.3, 0.4) is 0 Å². The second kappa shape index (κ2) is 11.6. The third-order valence-electron chi connectivity index (χ3n) is 4.37. The molecule has 154 valence electrons. The van der Waals surface area contributed by atoms with Gasteiger partial charge in [0.1, 0.15) is 5.75 Å². The van der Waals surface area contributed by atoms with E-state index in [1.807, 2.05) is 12.1 Å². The first-order chi connectivity index (χ1) is 12.4. The summed E-state index contributed by atoms with van der Waals surface area (Å²) in [6, 6.07) is 8.24. The predicted octanol–water partition coefficient (Wildman–Crippen LogP) is 2.79. The number of nitrogens with zero attached hydrogens (tertiary/aromatic N) is 3. The van der Waals surface area contributed by atoms with Crippen molar-refractivity contribution < 1.29 is 4.74 Å². The zero-order chi connectivity index (χ0) is 19.0. The van der Waals surface area contributed by atoms with E-state index in [-0.39, 0.29) is 29.5 Å². The third-order valence-corrected chi connectivity index (χ3v) is 4.37. The standard InChI is InChI=1S/C20H35N5O.HI/c1-6-21-19(22-11-12-23-20(2,3)4)25-15-13-24(14-16-25)17-9-7-8-10-18(17)26-5;/h7-10,23H,6,11-16H2,1-5H3,(H,21,22);1H. The molecule has 1 aliphatic rings. The lowest BCUT2D eigenvalue weighted by atomic mass is 10.1. The maximum Gasteiger partial charge on any atom is 0.194 e. The van der Waals surface area contributed by atoms with Gasteiger partial charge in [0.2, 0.25) is 0 Å². The van der Waals surface area contributed by atoms with Gasteiger partial charge in [0.05, 0.1) is 19.3 Å². The van der Waals surface area contributed by atoms with Gasteiger partial charge in [-0.2, -0.15) is 0 Å². The average molecular weight is 489 g/mol. The molecule has 2 rings (SSSR count). The lowest BCUT2D eigenvalue weighted by Gasteiger charge is -2.38. The Morgan fingerprint density at radius 2 is 1.81 bits per heavy atom. The van der Waals surface area contributed by atoms with Crippen LogP contribution in [-0.2, 0) is 0 Å². The Kier molecular flexibility index (Phi) is 10.2. The molecule has 27 heavy (non-hydrogen) atoms. The normalized spacial score (nSPS) is 15.4. The van der Waals surface area contributed by atoms with Crippen molar-refractivity contribution in [3.8, 4) is 5.75 Å². The summed E-state index contributed by atoms with van der Waals surface area (Å²) in [4.78, 5) is 9.54. The highest BCUT2D eigenvalue weighted by molar-refractivity contribution is 14.0. The van der Waals surface area contributed by atoms with Gasteiger partial charge >= 0.3 is 0 Å². The first kappa shape index (κ1) is 23.8. The number of methoxy groups -OCH3 is 1. The maximum atomic E-state index is 5.51. The van der Waals surface area contributed by atoms with Crippen LogP contribution in [0.1, 0.15) is 27.7 Å². The Hall–Kier alpha value is -1.22. The van der Waals surface area contributed by atoms with Crippen molar-refractivity contribution in [1.82, 2.24) is 15.5 Å². The van der Waals surface area contributed by atoms with Gasteiger partial charge in [-0.15, -0.1) is 24.0 Å². The van der Waals surface area contributed by atoms with Crippen LogP contribution in [0.15, 0.2) is 29.3 Å². The number of guanidine groups is 1. The van der Waals surface area contributed by atoms with E-state index in [4.69, 9.17) is 9.73 Å². The van der Waals surface area contributed by atoms with Gasteiger partial charge in [-0.3, -0.25) is 4.99 Å². The van der Waals surface area contributed by atoms with E-state index >= 15 is 0 Å². The van der Waals surface area contributed by atoms with Crippen molar-refractivity contribution in [2.24, 2.45) is 4.99 Å². The molecule has 1 aromatic carbocycles. The van der Waals surface area contributed by atoms with Crippen LogP contribution >= 0.6 is 24.0 Å². The number of piperazine rings is 1. The minimum absolute atomic E-state index is 0. The molecule has 0 saturated carbocycles. The number of para-hydroxylation sites is 2. The molecule has 2 N–H and O–H groups in total. The van der Waals surface area contributed by atoms with Crippen molar-refractivity contribution in [2.75, 3.05) is 57.8 Å². The summed E-state index contributed by atoms with van der Waals surface area (Å²) < 4.78 is 5.51. The molecule has 1 heterocycles. The van der Waals surface area contributed by atoms with Gasteiger partial charge in [-0.25, -0.2) is 0 Å². The van der Waals surface area contributed by atoms with E-state index in [0.717, 1.165) is 57.5 Å². The zero-order valence-electron chi connectivity index (χ0n) is 17.4. The Morgan fingerprint density at radius 1 is 1.15 bits per heavy atom. The van der Waals surface area contributed by atoms with Gasteiger partial charge in [0, 0.05) is 44.8 Å². The van der Waals surface area contributed by atoms with E-state index in [1.165, 1.54) is 5.69 Å². The maximum absolute atomic E-state index is 5.51. The Labute approximate surface area is 181 Å². The fourth-order valence-corrected chi connectivity index (χ4v) is 3.07. The van der Waals surface area contributed by atoms with Crippen molar-refractivity contribution in [3.05, 3.63) is 24.3 Å². The van der Waals surface area contributed by atoms with Gasteiger partial charge < -0.3 is 25.2 Å². The molecule has 0 spiro atoms. The van der Waals surface area contributed by atoms with E-state index in [1.54, 1.807) is 7.11 Å². The van der Waals surface area contributed by atoms with E-state index in [2.05, 4.69) is 60.3 Å². The number of aliphatic imine (C=N–C) groups is 1. The van der Waals surface area contributed by atoms with E-state index < -0.39 is 0 Å². The van der Waals surface area contributed by atoms with Gasteiger partial charge in [-0.1, -0.05) is 12.1 Å². The van der Waals surface area contributed by atoms with Crippen LogP contribution in [0.2, 0.25) is 0 Å². The van der Waals surface area contributed by atoms with Crippen LogP contribution < -0.4 is 20.3 Å². The molecule has 1 aliphatic heterocycles. The molecular weight excluding hydrogens is 453 g/mol. The Bertz CT molecular complexity index is 580. The number of anilines is 1. The molecular formula is C20H36IN5O. The highest BCUT2D eigenvalue weighted by atomic mass is 127. The van der Waals surface area contributed by atoms with Crippen molar-refractivity contribution in [2.45, 2.75) is 33.2 Å². The van der Waals surface area contributed by atoms with Crippen LogP contribution in [0.4, 0.5) is 5.69 Å². The molecule has 6 nitrogen and oxygen atoms in total. The summed E-state index contributed by atoms with van der Waals surface area (Å²) in [7, 11) is 1.73. The first-order valence-corrected chi connectivity index (χ1v) is 9.61. The molecule has 0 bridgehead atoms. The Balaban J connectivity index is 0.00000364. The van der Waals surface area contributed by atoms with Crippen molar-refractivity contribution >= 4 is 35.6 Å². The zero-order valence-corrected chi connectivity index (χ0v) is 19.7. The lowest BCUT2D eigenvalue weighted by molar-refractivity contribution is 0.366. The fourth-order valence-electron chi connectivity index (χ4n) is 3.07. The van der Waals surface area contributed by atoms with Crippen LogP contribution in [0, 0.1) is 0 Å². The quantitative estimate of drug-likeness (QED) is 0.279. The molecule has 0 unspecified atom stereocenters. The molecule has 7 heteroatoms. The number of nitrogens with one attached hydrogen (secondary N) is 2. The lowest BCUT2D eigenvalue weighted by Crippen LogP contribution is -2.52. The topological polar surface area (TPSA) is 52.1 Å². The van der Waals surface area contributed by atoms with Gasteiger partial charge in [0.25, 0.3) is 0 Å². The molecule has 1 saturated heterocycles. The largest absolute Gasteiger partial charge is 0.495 e. The minimum Gasteiger partial charge on any atom is -0.495 e.